The molecule has 1 aliphatic rings. The average Bonchev–Trinajstić information content (AvgIpc) is 2.94. The summed E-state index contributed by atoms with van der Waals surface area (Å²) in [6, 6.07) is 13.3. The van der Waals surface area contributed by atoms with Crippen LogP contribution < -0.4 is 10.1 Å². The van der Waals surface area contributed by atoms with E-state index in [1.807, 2.05) is 25.2 Å². The van der Waals surface area contributed by atoms with Gasteiger partial charge in [-0.25, -0.2) is 4.39 Å². The lowest BCUT2D eigenvalue weighted by atomic mass is 9.97. The fourth-order valence-electron chi connectivity index (χ4n) is 2.67. The van der Waals surface area contributed by atoms with Crippen LogP contribution in [0.3, 0.4) is 0 Å². The summed E-state index contributed by atoms with van der Waals surface area (Å²) in [4.78, 5) is 0. The highest BCUT2D eigenvalue weighted by Gasteiger charge is 2.16. The van der Waals surface area contributed by atoms with E-state index in [0.29, 0.717) is 0 Å². The molecule has 1 aliphatic heterocycles. The number of halogens is 1. The zero-order valence-corrected chi connectivity index (χ0v) is 11.5. The molecule has 0 aliphatic carbocycles. The van der Waals surface area contributed by atoms with E-state index in [1.165, 1.54) is 23.3 Å². The summed E-state index contributed by atoms with van der Waals surface area (Å²) in [5, 5.41) is 3.34. The van der Waals surface area contributed by atoms with Gasteiger partial charge in [0, 0.05) is 12.5 Å². The monoisotopic (exact) mass is 271 g/mol. The summed E-state index contributed by atoms with van der Waals surface area (Å²) < 4.78 is 18.5. The van der Waals surface area contributed by atoms with Crippen molar-refractivity contribution in [2.75, 3.05) is 13.7 Å². The Labute approximate surface area is 118 Å². The molecule has 0 saturated heterocycles. The van der Waals surface area contributed by atoms with Crippen LogP contribution in [0.4, 0.5) is 4.39 Å². The van der Waals surface area contributed by atoms with Gasteiger partial charge in [0.1, 0.15) is 11.6 Å². The second-order valence-electron chi connectivity index (χ2n) is 5.14. The van der Waals surface area contributed by atoms with E-state index in [0.717, 1.165) is 30.8 Å². The maximum Gasteiger partial charge on any atom is 0.123 e. The first-order valence-corrected chi connectivity index (χ1v) is 6.93. The maximum absolute atomic E-state index is 12.9. The van der Waals surface area contributed by atoms with E-state index in [2.05, 4.69) is 17.4 Å². The summed E-state index contributed by atoms with van der Waals surface area (Å²) in [5.41, 5.74) is 3.66. The minimum atomic E-state index is -0.190. The summed E-state index contributed by atoms with van der Waals surface area (Å²) >= 11 is 0. The third-order valence-corrected chi connectivity index (χ3v) is 3.82. The molecule has 3 heteroatoms. The lowest BCUT2D eigenvalue weighted by Gasteiger charge is -2.17. The molecule has 2 aromatic rings. The highest BCUT2D eigenvalue weighted by atomic mass is 19.1. The highest BCUT2D eigenvalue weighted by Crippen LogP contribution is 2.29. The molecule has 1 N–H and O–H groups in total. The van der Waals surface area contributed by atoms with Crippen molar-refractivity contribution in [3.05, 3.63) is 65.0 Å². The van der Waals surface area contributed by atoms with Crippen molar-refractivity contribution in [2.45, 2.75) is 18.9 Å². The molecule has 0 bridgehead atoms. The largest absolute Gasteiger partial charge is 0.493 e. The zero-order valence-electron chi connectivity index (χ0n) is 11.5. The summed E-state index contributed by atoms with van der Waals surface area (Å²) in [5.74, 6) is 0.815. The molecule has 0 amide bonds. The van der Waals surface area contributed by atoms with Crippen LogP contribution in [0, 0.1) is 5.82 Å². The minimum Gasteiger partial charge on any atom is -0.493 e. The highest BCUT2D eigenvalue weighted by molar-refractivity contribution is 5.41. The molecule has 0 aromatic heterocycles. The number of hydrogen-bond acceptors (Lipinski definition) is 2. The van der Waals surface area contributed by atoms with E-state index in [4.69, 9.17) is 4.74 Å². The van der Waals surface area contributed by atoms with Crippen LogP contribution in [-0.2, 0) is 12.8 Å². The van der Waals surface area contributed by atoms with Gasteiger partial charge in [0.25, 0.3) is 0 Å². The van der Waals surface area contributed by atoms with Gasteiger partial charge in [0.15, 0.2) is 0 Å². The van der Waals surface area contributed by atoms with Crippen LogP contribution >= 0.6 is 0 Å². The molecule has 20 heavy (non-hydrogen) atoms. The Kier molecular flexibility index (Phi) is 3.70. The van der Waals surface area contributed by atoms with Gasteiger partial charge >= 0.3 is 0 Å². The molecule has 0 radical (unpaired) electrons. The van der Waals surface area contributed by atoms with Crippen LogP contribution in [0.2, 0.25) is 0 Å². The number of hydrogen-bond donors (Lipinski definition) is 1. The Hall–Kier alpha value is -1.87. The fraction of sp³-hybridized carbons (Fsp3) is 0.294. The van der Waals surface area contributed by atoms with Crippen LogP contribution in [0.1, 0.15) is 22.7 Å². The second kappa shape index (κ2) is 5.63. The first kappa shape index (κ1) is 13.1. The van der Waals surface area contributed by atoms with Crippen molar-refractivity contribution in [3.63, 3.8) is 0 Å². The second-order valence-corrected chi connectivity index (χ2v) is 5.14. The molecule has 0 saturated carbocycles. The molecule has 1 unspecified atom stereocenters. The van der Waals surface area contributed by atoms with Gasteiger partial charge in [0.2, 0.25) is 0 Å². The third kappa shape index (κ3) is 2.68. The summed E-state index contributed by atoms with van der Waals surface area (Å²) in [6.45, 7) is 0.779. The SMILES string of the molecule is CNC(Cc1ccc(F)cc1)c1ccc2c(c1)CCO2. The molecular formula is C17H18FNO. The van der Waals surface area contributed by atoms with E-state index < -0.39 is 0 Å². The molecule has 2 nitrogen and oxygen atoms in total. The first-order valence-electron chi connectivity index (χ1n) is 6.93. The average molecular weight is 271 g/mol. The third-order valence-electron chi connectivity index (χ3n) is 3.82. The Morgan fingerprint density at radius 1 is 1.20 bits per heavy atom. The lowest BCUT2D eigenvalue weighted by molar-refractivity contribution is 0.356. The molecule has 1 heterocycles. The van der Waals surface area contributed by atoms with E-state index >= 15 is 0 Å². The van der Waals surface area contributed by atoms with Crippen molar-refractivity contribution < 1.29 is 9.13 Å². The Balaban J connectivity index is 1.81. The van der Waals surface area contributed by atoms with Gasteiger partial charge in [-0.1, -0.05) is 24.3 Å². The molecular weight excluding hydrogens is 253 g/mol. The number of likely N-dealkylation sites (N-methyl/N-ethyl adjacent to an activating group) is 1. The maximum atomic E-state index is 12.9. The predicted molar refractivity (Wildman–Crippen MR) is 77.5 cm³/mol. The Bertz CT molecular complexity index is 594. The fourth-order valence-corrected chi connectivity index (χ4v) is 2.67. The van der Waals surface area contributed by atoms with Crippen LogP contribution in [0.15, 0.2) is 42.5 Å². The van der Waals surface area contributed by atoms with Gasteiger partial charge in [-0.2, -0.15) is 0 Å². The molecule has 2 aromatic carbocycles. The molecule has 0 fully saturated rings. The molecule has 3 rings (SSSR count). The standard InChI is InChI=1S/C17H18FNO/c1-19-16(10-12-2-5-15(18)6-3-12)13-4-7-17-14(11-13)8-9-20-17/h2-7,11,16,19H,8-10H2,1H3. The summed E-state index contributed by atoms with van der Waals surface area (Å²) in [6.07, 6.45) is 1.83. The van der Waals surface area contributed by atoms with Gasteiger partial charge in [0.05, 0.1) is 6.61 Å². The van der Waals surface area contributed by atoms with Gasteiger partial charge in [-0.15, -0.1) is 0 Å². The van der Waals surface area contributed by atoms with Gasteiger partial charge < -0.3 is 10.1 Å². The van der Waals surface area contributed by atoms with Crippen molar-refractivity contribution in [1.29, 1.82) is 0 Å². The molecule has 1 atom stereocenters. The molecule has 0 spiro atoms. The Morgan fingerprint density at radius 2 is 2.00 bits per heavy atom. The van der Waals surface area contributed by atoms with Crippen molar-refractivity contribution >= 4 is 0 Å². The smallest absolute Gasteiger partial charge is 0.123 e. The topological polar surface area (TPSA) is 21.3 Å². The number of ether oxygens (including phenoxy) is 1. The number of fused-ring (bicyclic) bond motifs is 1. The minimum absolute atomic E-state index is 0.190. The predicted octanol–water partition coefficient (Wildman–Crippen LogP) is 3.26. The van der Waals surface area contributed by atoms with Gasteiger partial charge in [-0.05, 0) is 48.4 Å². The van der Waals surface area contributed by atoms with E-state index in [1.54, 1.807) is 0 Å². The van der Waals surface area contributed by atoms with Crippen molar-refractivity contribution in [3.8, 4) is 5.75 Å². The van der Waals surface area contributed by atoms with E-state index in [9.17, 15) is 4.39 Å². The van der Waals surface area contributed by atoms with Crippen LogP contribution in [0.5, 0.6) is 5.75 Å². The summed E-state index contributed by atoms with van der Waals surface area (Å²) in [7, 11) is 1.96. The Morgan fingerprint density at radius 3 is 2.75 bits per heavy atom. The number of nitrogens with one attached hydrogen (secondary N) is 1. The lowest BCUT2D eigenvalue weighted by Crippen LogP contribution is -2.19. The van der Waals surface area contributed by atoms with Crippen molar-refractivity contribution in [1.82, 2.24) is 5.32 Å². The number of benzene rings is 2. The quantitative estimate of drug-likeness (QED) is 0.921. The van der Waals surface area contributed by atoms with E-state index in [-0.39, 0.29) is 11.9 Å². The zero-order chi connectivity index (χ0) is 13.9. The number of rotatable bonds is 4. The van der Waals surface area contributed by atoms with Crippen LogP contribution in [-0.4, -0.2) is 13.7 Å². The van der Waals surface area contributed by atoms with Crippen LogP contribution in [0.25, 0.3) is 0 Å². The molecule has 104 valence electrons. The van der Waals surface area contributed by atoms with Gasteiger partial charge in [-0.3, -0.25) is 0 Å². The first-order chi connectivity index (χ1) is 9.76. The normalized spacial score (nSPS) is 14.7. The van der Waals surface area contributed by atoms with Crippen molar-refractivity contribution in [2.24, 2.45) is 0 Å².